The number of hydrogen-bond donors (Lipinski definition) is 14. The predicted molar refractivity (Wildman–Crippen MR) is 242 cm³/mol. The van der Waals surface area contributed by atoms with Crippen LogP contribution in [0, 0.1) is 5.92 Å². The first-order chi connectivity index (χ1) is 31.8. The monoisotopic (exact) mass is 988 g/mol. The van der Waals surface area contributed by atoms with Crippen LogP contribution in [0.1, 0.15) is 85.0 Å². The Balaban J connectivity index is 3.21. The van der Waals surface area contributed by atoms with Gasteiger partial charge in [0.15, 0.2) is 0 Å². The number of hydrogen-bond acceptors (Lipinski definition) is 16. The van der Waals surface area contributed by atoms with Crippen molar-refractivity contribution < 1.29 is 72.9 Å². The second-order valence-electron chi connectivity index (χ2n) is 16.4. The molecule has 0 aromatic heterocycles. The summed E-state index contributed by atoms with van der Waals surface area (Å²) in [6, 6.07) is -11.4. The molecule has 0 aliphatic carbocycles. The van der Waals surface area contributed by atoms with E-state index in [9.17, 15) is 67.7 Å². The minimum Gasteiger partial charge on any atom is -0.481 e. The van der Waals surface area contributed by atoms with Crippen LogP contribution in [-0.2, 0) is 57.5 Å². The molecule has 28 heteroatoms. The van der Waals surface area contributed by atoms with Crippen molar-refractivity contribution >= 4 is 82.8 Å². The van der Waals surface area contributed by atoms with Crippen LogP contribution in [0.5, 0.6) is 0 Å². The Morgan fingerprint density at radius 1 is 0.691 bits per heavy atom. The number of nitrogens with zero attached hydrogens (tertiary/aromatic N) is 1. The number of nitrogens with two attached hydrogens (primary N) is 4. The second-order valence-corrected chi connectivity index (χ2v) is 17.4. The van der Waals surface area contributed by atoms with Gasteiger partial charge in [0.25, 0.3) is 0 Å². The third-order valence-electron chi connectivity index (χ3n) is 10.5. The van der Waals surface area contributed by atoms with Crippen molar-refractivity contribution in [3.05, 3.63) is 0 Å². The van der Waals surface area contributed by atoms with Gasteiger partial charge in [-0.25, -0.2) is 4.79 Å². The van der Waals surface area contributed by atoms with Gasteiger partial charge in [-0.1, -0.05) is 13.8 Å². The fourth-order valence-corrected chi connectivity index (χ4v) is 7.21. The molecule has 1 heterocycles. The Kier molecular flexibility index (Phi) is 26.7. The Hall–Kier alpha value is -6.13. The van der Waals surface area contributed by atoms with Crippen molar-refractivity contribution in [3.8, 4) is 0 Å². The molecule has 27 nitrogen and oxygen atoms in total. The number of nitrogens with one attached hydrogen (secondary N) is 7. The largest absolute Gasteiger partial charge is 0.481 e. The number of aliphatic hydroxyl groups excluding tert-OH is 1. The molecule has 1 unspecified atom stereocenters. The molecule has 0 aromatic carbocycles. The van der Waals surface area contributed by atoms with E-state index in [1.54, 1.807) is 20.1 Å². The van der Waals surface area contributed by atoms with E-state index < -0.39 is 151 Å². The molecule has 9 atom stereocenters. The highest BCUT2D eigenvalue weighted by Crippen LogP contribution is 2.20. The van der Waals surface area contributed by atoms with Crippen LogP contribution < -0.4 is 60.2 Å². The number of carboxylic acid groups (broad SMARTS) is 2. The number of carbonyl (C=O) groups is 12. The van der Waals surface area contributed by atoms with E-state index in [0.29, 0.717) is 12.2 Å². The topological polar surface area (TPSA) is 457 Å². The molecule has 0 spiro atoms. The zero-order valence-electron chi connectivity index (χ0n) is 38.6. The summed E-state index contributed by atoms with van der Waals surface area (Å²) < 4.78 is 0. The first-order valence-electron chi connectivity index (χ1n) is 21.9. The standard InChI is InChI=1S/C40H68N12O15S/c1-19(2)31(37(63)49-25(17-28(44)55)39(65)52-15-6-8-26(52)36(62)45-18-29(56)46-24(40(66)67)10-11-27(43)54)50-34(60)22(7-5-14-41)48-38(64)32(20(3)53)51-35(61)23(13-16-68-4)47-33(59)21(42)9-12-30(57)58/h19-26,31-32,53H,5-18,41-42H2,1-4H3,(H2,43,54)(H2,44,55)(H,45,62)(H,46,56)(H,47,59)(H,48,64)(H,49,63)(H,50,60)(H,51,61)(H,57,58)(H,66,67)/t20-,21+,22?,23+,24+,25+,26+,31+,32+/m1/s1. The molecule has 1 saturated heterocycles. The van der Waals surface area contributed by atoms with E-state index in [1.165, 1.54) is 18.7 Å². The summed E-state index contributed by atoms with van der Waals surface area (Å²) >= 11 is 1.34. The molecule has 68 heavy (non-hydrogen) atoms. The van der Waals surface area contributed by atoms with Crippen LogP contribution >= 0.6 is 11.8 Å². The van der Waals surface area contributed by atoms with Crippen LogP contribution in [-0.4, -0.2) is 177 Å². The summed E-state index contributed by atoms with van der Waals surface area (Å²) in [5.41, 5.74) is 22.0. The normalized spacial score (nSPS) is 16.8. The summed E-state index contributed by atoms with van der Waals surface area (Å²) in [6.07, 6.45) is -1.30. The van der Waals surface area contributed by atoms with Crippen molar-refractivity contribution in [2.45, 2.75) is 139 Å². The van der Waals surface area contributed by atoms with E-state index in [-0.39, 0.29) is 58.0 Å². The summed E-state index contributed by atoms with van der Waals surface area (Å²) in [5, 5.41) is 45.6. The summed E-state index contributed by atoms with van der Waals surface area (Å²) in [7, 11) is 0. The van der Waals surface area contributed by atoms with Gasteiger partial charge in [-0.15, -0.1) is 0 Å². The molecule has 1 aliphatic rings. The zero-order valence-corrected chi connectivity index (χ0v) is 39.4. The minimum atomic E-state index is -1.69. The maximum Gasteiger partial charge on any atom is 0.326 e. The number of rotatable bonds is 32. The lowest BCUT2D eigenvalue weighted by atomic mass is 10.0. The second kappa shape index (κ2) is 30.3. The molecule has 0 bridgehead atoms. The quantitative estimate of drug-likeness (QED) is 0.0298. The minimum absolute atomic E-state index is 0.0148. The van der Waals surface area contributed by atoms with Crippen LogP contribution in [0.3, 0.4) is 0 Å². The number of amides is 10. The number of aliphatic hydroxyl groups is 1. The average Bonchev–Trinajstić information content (AvgIpc) is 3.76. The number of carboxylic acids is 2. The fourth-order valence-electron chi connectivity index (χ4n) is 6.73. The van der Waals surface area contributed by atoms with E-state index >= 15 is 0 Å². The Bertz CT molecular complexity index is 1820. The van der Waals surface area contributed by atoms with E-state index in [0.717, 1.165) is 4.90 Å². The highest BCUT2D eigenvalue weighted by atomic mass is 32.2. The Labute approximate surface area is 396 Å². The average molecular weight is 989 g/mol. The van der Waals surface area contributed by atoms with Gasteiger partial charge in [-0.05, 0) is 76.3 Å². The van der Waals surface area contributed by atoms with Gasteiger partial charge < -0.3 is 80.4 Å². The molecule has 1 fully saturated rings. The first-order valence-corrected chi connectivity index (χ1v) is 23.3. The predicted octanol–water partition coefficient (Wildman–Crippen LogP) is -6.05. The third kappa shape index (κ3) is 21.2. The van der Waals surface area contributed by atoms with Crippen LogP contribution in [0.2, 0.25) is 0 Å². The molecule has 0 aromatic rings. The molecular formula is C40H68N12O15S. The van der Waals surface area contributed by atoms with Crippen molar-refractivity contribution in [3.63, 3.8) is 0 Å². The van der Waals surface area contributed by atoms with Gasteiger partial charge in [0.05, 0.1) is 25.1 Å². The summed E-state index contributed by atoms with van der Waals surface area (Å²) in [4.78, 5) is 154. The Morgan fingerprint density at radius 2 is 1.26 bits per heavy atom. The van der Waals surface area contributed by atoms with Crippen molar-refractivity contribution in [1.82, 2.24) is 42.1 Å². The zero-order chi connectivity index (χ0) is 51.8. The SMILES string of the molecule is CSCC[C@H](NC(=O)[C@@H](N)CCC(=O)O)C(=O)N[C@H](C(=O)NC(CCCN)C(=O)N[C@H](C(=O)N[C@@H](CC(N)=O)C(=O)N1CCC[C@H]1C(=O)NCC(=O)N[C@@H](CCC(N)=O)C(=O)O)C(C)C)[C@@H](C)O. The van der Waals surface area contributed by atoms with Gasteiger partial charge in [-0.2, -0.15) is 11.8 Å². The lowest BCUT2D eigenvalue weighted by Crippen LogP contribution is -2.62. The van der Waals surface area contributed by atoms with Gasteiger partial charge in [0.1, 0.15) is 42.3 Å². The molecule has 384 valence electrons. The highest BCUT2D eigenvalue weighted by molar-refractivity contribution is 7.98. The molecule has 18 N–H and O–H groups in total. The third-order valence-corrected chi connectivity index (χ3v) is 11.1. The number of aliphatic carboxylic acids is 2. The molecule has 1 aliphatic heterocycles. The summed E-state index contributed by atoms with van der Waals surface area (Å²) in [6.45, 7) is 3.60. The molecule has 1 rings (SSSR count). The highest BCUT2D eigenvalue weighted by Gasteiger charge is 2.40. The van der Waals surface area contributed by atoms with Gasteiger partial charge in [0, 0.05) is 19.4 Å². The van der Waals surface area contributed by atoms with E-state index in [2.05, 4.69) is 37.2 Å². The fraction of sp³-hybridized carbons (Fsp3) is 0.700. The smallest absolute Gasteiger partial charge is 0.326 e. The molecular weight excluding hydrogens is 921 g/mol. The molecule has 0 saturated carbocycles. The maximum absolute atomic E-state index is 13.9. The van der Waals surface area contributed by atoms with Crippen LogP contribution in [0.15, 0.2) is 0 Å². The number of primary amides is 2. The van der Waals surface area contributed by atoms with E-state index in [4.69, 9.17) is 28.0 Å². The summed E-state index contributed by atoms with van der Waals surface area (Å²) in [5.74, 6) is -12.0. The van der Waals surface area contributed by atoms with Crippen molar-refractivity contribution in [2.24, 2.45) is 28.9 Å². The van der Waals surface area contributed by atoms with Crippen LogP contribution in [0.25, 0.3) is 0 Å². The lowest BCUT2D eigenvalue weighted by molar-refractivity contribution is -0.143. The Morgan fingerprint density at radius 3 is 1.79 bits per heavy atom. The maximum atomic E-state index is 13.9. The molecule has 0 radical (unpaired) electrons. The van der Waals surface area contributed by atoms with Crippen molar-refractivity contribution in [2.75, 3.05) is 31.6 Å². The first kappa shape index (κ1) is 59.9. The van der Waals surface area contributed by atoms with Gasteiger partial charge >= 0.3 is 11.9 Å². The molecule has 10 amide bonds. The lowest BCUT2D eigenvalue weighted by Gasteiger charge is -2.31. The van der Waals surface area contributed by atoms with Gasteiger partial charge in [-0.3, -0.25) is 52.7 Å². The number of likely N-dealkylation sites (tertiary alicyclic amines) is 1. The van der Waals surface area contributed by atoms with Crippen LogP contribution in [0.4, 0.5) is 0 Å². The van der Waals surface area contributed by atoms with Crippen molar-refractivity contribution in [1.29, 1.82) is 0 Å². The van der Waals surface area contributed by atoms with E-state index in [1.807, 2.05) is 0 Å². The van der Waals surface area contributed by atoms with Gasteiger partial charge in [0.2, 0.25) is 59.1 Å². The number of thioether (sulfide) groups is 1. The number of carbonyl (C=O) groups excluding carboxylic acids is 10.